The van der Waals surface area contributed by atoms with Crippen LogP contribution in [0.5, 0.6) is 0 Å². The number of halogens is 2. The average molecular weight is 301 g/mol. The van der Waals surface area contributed by atoms with Crippen LogP contribution in [0.2, 0.25) is 10.0 Å². The lowest BCUT2D eigenvalue weighted by Crippen LogP contribution is -2.34. The normalized spacial score (nSPS) is 19.7. The minimum atomic E-state index is 0.174. The number of hydrogen-bond acceptors (Lipinski definition) is 2. The molecule has 1 aliphatic carbocycles. The SMILES string of the molecule is NNC(c1ccc(Cl)c(Cl)c1)C1CCCCCCC1. The van der Waals surface area contributed by atoms with Crippen LogP contribution in [-0.4, -0.2) is 0 Å². The van der Waals surface area contributed by atoms with Crippen LogP contribution in [0.25, 0.3) is 0 Å². The number of benzene rings is 1. The van der Waals surface area contributed by atoms with E-state index in [2.05, 4.69) is 5.43 Å². The van der Waals surface area contributed by atoms with Gasteiger partial charge < -0.3 is 0 Å². The van der Waals surface area contributed by atoms with Gasteiger partial charge in [-0.3, -0.25) is 11.3 Å². The second-order valence-corrected chi connectivity index (χ2v) is 6.24. The van der Waals surface area contributed by atoms with Crippen molar-refractivity contribution in [2.45, 2.75) is 51.0 Å². The van der Waals surface area contributed by atoms with Crippen molar-refractivity contribution in [3.63, 3.8) is 0 Å². The third kappa shape index (κ3) is 4.09. The third-order valence-corrected chi connectivity index (χ3v) is 4.84. The van der Waals surface area contributed by atoms with Gasteiger partial charge in [0.2, 0.25) is 0 Å². The molecule has 3 N–H and O–H groups in total. The smallest absolute Gasteiger partial charge is 0.0595 e. The fourth-order valence-corrected chi connectivity index (χ4v) is 3.34. The van der Waals surface area contributed by atoms with Gasteiger partial charge in [-0.1, -0.05) is 61.4 Å². The second kappa shape index (κ2) is 7.49. The highest BCUT2D eigenvalue weighted by atomic mass is 35.5. The van der Waals surface area contributed by atoms with Gasteiger partial charge in [-0.25, -0.2) is 0 Å². The summed E-state index contributed by atoms with van der Waals surface area (Å²) in [7, 11) is 0. The number of hydrogen-bond donors (Lipinski definition) is 2. The average Bonchev–Trinajstić information content (AvgIpc) is 2.36. The Morgan fingerprint density at radius 2 is 1.63 bits per heavy atom. The predicted octanol–water partition coefficient (Wildman–Crippen LogP) is 4.86. The van der Waals surface area contributed by atoms with Gasteiger partial charge in [0, 0.05) is 6.04 Å². The Balaban J connectivity index is 2.14. The summed E-state index contributed by atoms with van der Waals surface area (Å²) in [5.41, 5.74) is 4.12. The monoisotopic (exact) mass is 300 g/mol. The van der Waals surface area contributed by atoms with Crippen molar-refractivity contribution in [2.24, 2.45) is 11.8 Å². The van der Waals surface area contributed by atoms with Crippen molar-refractivity contribution in [3.05, 3.63) is 33.8 Å². The molecule has 0 spiro atoms. The summed E-state index contributed by atoms with van der Waals surface area (Å²) >= 11 is 12.1. The zero-order valence-corrected chi connectivity index (χ0v) is 12.7. The largest absolute Gasteiger partial charge is 0.271 e. The lowest BCUT2D eigenvalue weighted by molar-refractivity contribution is 0.290. The molecule has 0 saturated heterocycles. The molecular formula is C15H22Cl2N2. The van der Waals surface area contributed by atoms with E-state index in [0.717, 1.165) is 5.56 Å². The maximum Gasteiger partial charge on any atom is 0.0595 e. The van der Waals surface area contributed by atoms with Crippen LogP contribution in [0, 0.1) is 5.92 Å². The van der Waals surface area contributed by atoms with Gasteiger partial charge in [0.05, 0.1) is 10.0 Å². The van der Waals surface area contributed by atoms with E-state index in [1.165, 1.54) is 44.9 Å². The molecule has 1 aromatic carbocycles. The highest BCUT2D eigenvalue weighted by molar-refractivity contribution is 6.42. The first-order valence-corrected chi connectivity index (χ1v) is 7.89. The summed E-state index contributed by atoms with van der Waals surface area (Å²) in [6.07, 6.45) is 9.11. The molecule has 1 fully saturated rings. The predicted molar refractivity (Wildman–Crippen MR) is 82.3 cm³/mol. The molecule has 4 heteroatoms. The Hall–Kier alpha value is -0.280. The standard InChI is InChI=1S/C15H22Cl2N2/c16-13-9-8-12(10-14(13)17)15(19-18)11-6-4-2-1-3-5-7-11/h8-11,15,19H,1-7,18H2. The Kier molecular flexibility index (Phi) is 5.96. The van der Waals surface area contributed by atoms with Crippen LogP contribution < -0.4 is 11.3 Å². The van der Waals surface area contributed by atoms with Crippen molar-refractivity contribution >= 4 is 23.2 Å². The van der Waals surface area contributed by atoms with E-state index in [4.69, 9.17) is 29.0 Å². The maximum absolute atomic E-state index is 6.11. The van der Waals surface area contributed by atoms with Crippen molar-refractivity contribution in [1.29, 1.82) is 0 Å². The topological polar surface area (TPSA) is 38.0 Å². The van der Waals surface area contributed by atoms with E-state index in [9.17, 15) is 0 Å². The Bertz CT molecular complexity index is 401. The van der Waals surface area contributed by atoms with E-state index in [0.29, 0.717) is 16.0 Å². The fourth-order valence-electron chi connectivity index (χ4n) is 3.03. The van der Waals surface area contributed by atoms with Gasteiger partial charge in [0.15, 0.2) is 0 Å². The quantitative estimate of drug-likeness (QED) is 0.618. The lowest BCUT2D eigenvalue weighted by atomic mass is 9.83. The summed E-state index contributed by atoms with van der Waals surface area (Å²) in [6, 6.07) is 5.99. The summed E-state index contributed by atoms with van der Waals surface area (Å²) < 4.78 is 0. The van der Waals surface area contributed by atoms with Gasteiger partial charge in [0.25, 0.3) is 0 Å². The van der Waals surface area contributed by atoms with E-state index in [1.807, 2.05) is 18.2 Å². The molecule has 0 aromatic heterocycles. The summed E-state index contributed by atoms with van der Waals surface area (Å²) in [6.45, 7) is 0. The fraction of sp³-hybridized carbons (Fsp3) is 0.600. The van der Waals surface area contributed by atoms with Crippen LogP contribution in [0.4, 0.5) is 0 Å². The minimum absolute atomic E-state index is 0.174. The van der Waals surface area contributed by atoms with E-state index < -0.39 is 0 Å². The Morgan fingerprint density at radius 3 is 2.21 bits per heavy atom. The third-order valence-electron chi connectivity index (χ3n) is 4.10. The van der Waals surface area contributed by atoms with Gasteiger partial charge in [-0.2, -0.15) is 0 Å². The molecule has 0 heterocycles. The maximum atomic E-state index is 6.11. The second-order valence-electron chi connectivity index (χ2n) is 5.42. The van der Waals surface area contributed by atoms with Crippen LogP contribution in [0.15, 0.2) is 18.2 Å². The molecule has 2 nitrogen and oxygen atoms in total. The lowest BCUT2D eigenvalue weighted by Gasteiger charge is -2.28. The molecule has 0 bridgehead atoms. The Morgan fingerprint density at radius 1 is 1.00 bits per heavy atom. The zero-order chi connectivity index (χ0) is 13.7. The summed E-state index contributed by atoms with van der Waals surface area (Å²) in [5.74, 6) is 6.37. The van der Waals surface area contributed by atoms with Crippen LogP contribution in [0.1, 0.15) is 56.6 Å². The minimum Gasteiger partial charge on any atom is -0.271 e. The van der Waals surface area contributed by atoms with Crippen LogP contribution in [-0.2, 0) is 0 Å². The first kappa shape index (κ1) is 15.1. The van der Waals surface area contributed by atoms with E-state index in [-0.39, 0.29) is 6.04 Å². The van der Waals surface area contributed by atoms with Crippen molar-refractivity contribution in [3.8, 4) is 0 Å². The van der Waals surface area contributed by atoms with Gasteiger partial charge in [0.1, 0.15) is 0 Å². The molecule has 0 amide bonds. The van der Waals surface area contributed by atoms with Gasteiger partial charge in [-0.15, -0.1) is 0 Å². The van der Waals surface area contributed by atoms with Gasteiger partial charge in [-0.05, 0) is 36.5 Å². The molecule has 1 unspecified atom stereocenters. The van der Waals surface area contributed by atoms with Crippen molar-refractivity contribution in [2.75, 3.05) is 0 Å². The van der Waals surface area contributed by atoms with Crippen LogP contribution in [0.3, 0.4) is 0 Å². The molecule has 19 heavy (non-hydrogen) atoms. The number of rotatable bonds is 3. The molecule has 0 aliphatic heterocycles. The van der Waals surface area contributed by atoms with E-state index in [1.54, 1.807) is 0 Å². The number of nitrogens with one attached hydrogen (secondary N) is 1. The zero-order valence-electron chi connectivity index (χ0n) is 11.2. The summed E-state index contributed by atoms with van der Waals surface area (Å²) in [5, 5.41) is 1.20. The summed E-state index contributed by atoms with van der Waals surface area (Å²) in [4.78, 5) is 0. The number of nitrogens with two attached hydrogens (primary N) is 1. The first-order chi connectivity index (χ1) is 9.22. The highest BCUT2D eigenvalue weighted by Crippen LogP contribution is 2.34. The highest BCUT2D eigenvalue weighted by Gasteiger charge is 2.23. The molecule has 1 aliphatic rings. The van der Waals surface area contributed by atoms with Crippen LogP contribution >= 0.6 is 23.2 Å². The molecule has 0 radical (unpaired) electrons. The molecule has 1 atom stereocenters. The number of hydrazine groups is 1. The van der Waals surface area contributed by atoms with Crippen molar-refractivity contribution < 1.29 is 0 Å². The molecular weight excluding hydrogens is 279 g/mol. The molecule has 1 saturated carbocycles. The molecule has 2 rings (SSSR count). The first-order valence-electron chi connectivity index (χ1n) is 7.13. The Labute approximate surface area is 125 Å². The molecule has 1 aromatic rings. The van der Waals surface area contributed by atoms with Gasteiger partial charge >= 0.3 is 0 Å². The molecule has 106 valence electrons. The van der Waals surface area contributed by atoms with Crippen molar-refractivity contribution in [1.82, 2.24) is 5.43 Å². The van der Waals surface area contributed by atoms with E-state index >= 15 is 0 Å².